The summed E-state index contributed by atoms with van der Waals surface area (Å²) in [6.45, 7) is 0. The molecule has 1 aliphatic heterocycles. The first-order valence-electron chi connectivity index (χ1n) is 10.5. The van der Waals surface area contributed by atoms with Crippen molar-refractivity contribution in [2.45, 2.75) is 75.8 Å². The molecule has 0 bridgehead atoms. The maximum absolute atomic E-state index is 6.38. The molecule has 2 fully saturated rings. The van der Waals surface area contributed by atoms with Gasteiger partial charge in [-0.2, -0.15) is 4.99 Å². The number of nitrogens with two attached hydrogens (primary N) is 2. The molecule has 5 rings (SSSR count). The lowest BCUT2D eigenvalue weighted by Crippen LogP contribution is -2.58. The summed E-state index contributed by atoms with van der Waals surface area (Å²) in [5.41, 5.74) is 14.1. The van der Waals surface area contributed by atoms with Gasteiger partial charge in [-0.05, 0) is 56.7 Å². The number of guanidine groups is 2. The van der Waals surface area contributed by atoms with Crippen LogP contribution in [0.1, 0.15) is 75.1 Å². The Hall–Kier alpha value is -2.15. The van der Waals surface area contributed by atoms with E-state index in [9.17, 15) is 0 Å². The first-order chi connectivity index (χ1) is 13.6. The fourth-order valence-electron chi connectivity index (χ4n) is 5.09. The van der Waals surface area contributed by atoms with E-state index in [-0.39, 0.29) is 0 Å². The van der Waals surface area contributed by atoms with Gasteiger partial charge in [-0.25, -0.2) is 9.98 Å². The molecule has 1 aromatic heterocycles. The lowest BCUT2D eigenvalue weighted by atomic mass is 9.87. The number of aliphatic imine (C=N–C) groups is 2. The second-order valence-electron chi connectivity index (χ2n) is 8.36. The average Bonchev–Trinajstić information content (AvgIpc) is 3.12. The number of fused-ring (bicyclic) bond motifs is 1. The van der Waals surface area contributed by atoms with Crippen molar-refractivity contribution in [2.75, 3.05) is 4.90 Å². The Morgan fingerprint density at radius 3 is 2.54 bits per heavy atom. The zero-order chi connectivity index (χ0) is 19.1. The Balaban J connectivity index is 1.53. The molecule has 6 nitrogen and oxygen atoms in total. The summed E-state index contributed by atoms with van der Waals surface area (Å²) in [6, 6.07) is 6.45. The summed E-state index contributed by atoms with van der Waals surface area (Å²) >= 11 is 1.84. The Morgan fingerprint density at radius 1 is 1.00 bits per heavy atom. The number of hydrogen-bond donors (Lipinski definition) is 2. The highest BCUT2D eigenvalue weighted by Crippen LogP contribution is 2.42. The van der Waals surface area contributed by atoms with Crippen molar-refractivity contribution in [3.63, 3.8) is 0 Å². The first-order valence-corrected chi connectivity index (χ1v) is 11.4. The van der Waals surface area contributed by atoms with E-state index in [1.807, 2.05) is 11.3 Å². The number of hydrogen-bond acceptors (Lipinski definition) is 7. The molecule has 3 aliphatic rings. The van der Waals surface area contributed by atoms with E-state index in [0.29, 0.717) is 17.8 Å². The minimum atomic E-state index is -0.390. The van der Waals surface area contributed by atoms with E-state index < -0.39 is 5.66 Å². The minimum absolute atomic E-state index is 0.300. The van der Waals surface area contributed by atoms with Crippen molar-refractivity contribution < 1.29 is 0 Å². The third kappa shape index (κ3) is 3.05. The Bertz CT molecular complexity index is 934. The van der Waals surface area contributed by atoms with Crippen LogP contribution in [-0.2, 0) is 0 Å². The van der Waals surface area contributed by atoms with Gasteiger partial charge >= 0.3 is 0 Å². The van der Waals surface area contributed by atoms with Gasteiger partial charge in [0.1, 0.15) is 5.66 Å². The number of thiazole rings is 1. The first kappa shape index (κ1) is 17.9. The lowest BCUT2D eigenvalue weighted by molar-refractivity contribution is 0.305. The van der Waals surface area contributed by atoms with Gasteiger partial charge < -0.3 is 11.5 Å². The Kier molecular flexibility index (Phi) is 4.50. The molecule has 2 aliphatic carbocycles. The summed E-state index contributed by atoms with van der Waals surface area (Å²) in [4.78, 5) is 16.1. The van der Waals surface area contributed by atoms with Gasteiger partial charge in [-0.15, -0.1) is 11.3 Å². The summed E-state index contributed by atoms with van der Waals surface area (Å²) in [5, 5.41) is 1.29. The van der Waals surface area contributed by atoms with E-state index in [0.717, 1.165) is 36.9 Å². The van der Waals surface area contributed by atoms with Crippen LogP contribution in [0.4, 0.5) is 5.69 Å². The molecule has 1 aromatic carbocycles. The normalized spacial score (nSPS) is 23.1. The molecule has 2 aromatic rings. The smallest absolute Gasteiger partial charge is 0.220 e. The summed E-state index contributed by atoms with van der Waals surface area (Å²) in [7, 11) is 0. The second kappa shape index (κ2) is 7.03. The van der Waals surface area contributed by atoms with Crippen molar-refractivity contribution in [2.24, 2.45) is 21.5 Å². The number of anilines is 1. The van der Waals surface area contributed by atoms with Crippen LogP contribution in [0, 0.1) is 0 Å². The average molecular weight is 397 g/mol. The van der Waals surface area contributed by atoms with E-state index in [1.165, 1.54) is 48.2 Å². The van der Waals surface area contributed by atoms with Gasteiger partial charge in [0.05, 0.1) is 15.2 Å². The SMILES string of the molecule is NC1=NC2(CCCCC2)N(c2ccc3nc(C4CCCCC4)sc3c2)C(N)=N1. The Labute approximate surface area is 169 Å². The molecule has 2 heterocycles. The van der Waals surface area contributed by atoms with Crippen LogP contribution in [-0.4, -0.2) is 22.6 Å². The third-order valence-electron chi connectivity index (χ3n) is 6.45. The third-order valence-corrected chi connectivity index (χ3v) is 7.63. The molecule has 0 saturated heterocycles. The quantitative estimate of drug-likeness (QED) is 0.784. The highest BCUT2D eigenvalue weighted by molar-refractivity contribution is 7.18. The van der Waals surface area contributed by atoms with Crippen LogP contribution in [0.15, 0.2) is 28.2 Å². The van der Waals surface area contributed by atoms with Gasteiger partial charge in [0.15, 0.2) is 0 Å². The van der Waals surface area contributed by atoms with Crippen LogP contribution in [0.2, 0.25) is 0 Å². The van der Waals surface area contributed by atoms with E-state index in [2.05, 4.69) is 28.1 Å². The second-order valence-corrected chi connectivity index (χ2v) is 9.42. The van der Waals surface area contributed by atoms with Crippen LogP contribution in [0.5, 0.6) is 0 Å². The molecule has 7 heteroatoms. The van der Waals surface area contributed by atoms with Gasteiger partial charge in [-0.3, -0.25) is 4.90 Å². The van der Waals surface area contributed by atoms with Crippen molar-refractivity contribution in [1.29, 1.82) is 0 Å². The highest BCUT2D eigenvalue weighted by atomic mass is 32.1. The van der Waals surface area contributed by atoms with Gasteiger partial charge in [0.2, 0.25) is 11.9 Å². The molecular formula is C21H28N6S. The molecule has 28 heavy (non-hydrogen) atoms. The maximum Gasteiger partial charge on any atom is 0.220 e. The van der Waals surface area contributed by atoms with Crippen molar-refractivity contribution in [1.82, 2.24) is 4.98 Å². The zero-order valence-electron chi connectivity index (χ0n) is 16.2. The van der Waals surface area contributed by atoms with Gasteiger partial charge in [-0.1, -0.05) is 25.7 Å². The fraction of sp³-hybridized carbons (Fsp3) is 0.571. The zero-order valence-corrected chi connectivity index (χ0v) is 17.0. The summed E-state index contributed by atoms with van der Waals surface area (Å²) < 4.78 is 1.22. The van der Waals surface area contributed by atoms with Crippen molar-refractivity contribution >= 4 is 39.2 Å². The monoisotopic (exact) mass is 396 g/mol. The predicted octanol–water partition coefficient (Wildman–Crippen LogP) is 4.45. The minimum Gasteiger partial charge on any atom is -0.369 e. The molecule has 4 N–H and O–H groups in total. The van der Waals surface area contributed by atoms with Crippen LogP contribution < -0.4 is 16.4 Å². The van der Waals surface area contributed by atoms with Crippen molar-refractivity contribution in [3.05, 3.63) is 23.2 Å². The number of nitrogens with zero attached hydrogens (tertiary/aromatic N) is 4. The van der Waals surface area contributed by atoms with Crippen molar-refractivity contribution in [3.8, 4) is 0 Å². The molecule has 2 saturated carbocycles. The molecule has 1 spiro atoms. The van der Waals surface area contributed by atoms with Gasteiger partial charge in [0.25, 0.3) is 0 Å². The topological polar surface area (TPSA) is 92.9 Å². The number of rotatable bonds is 2. The summed E-state index contributed by atoms with van der Waals surface area (Å²) in [5.74, 6) is 1.38. The molecule has 0 unspecified atom stereocenters. The standard InChI is InChI=1S/C21H28N6S/c22-19-25-20(23)27(21(26-19)11-5-2-6-12-21)15-9-10-16-17(13-15)28-18(24-16)14-7-3-1-4-8-14/h9-10,13-14H,1-8,11-12H2,(H4,22,23,25,26). The number of aromatic nitrogens is 1. The van der Waals surface area contributed by atoms with E-state index in [4.69, 9.17) is 21.4 Å². The van der Waals surface area contributed by atoms with Crippen LogP contribution in [0.25, 0.3) is 10.2 Å². The molecule has 148 valence electrons. The molecular weight excluding hydrogens is 368 g/mol. The van der Waals surface area contributed by atoms with Crippen LogP contribution >= 0.6 is 11.3 Å². The Morgan fingerprint density at radius 2 is 1.75 bits per heavy atom. The predicted molar refractivity (Wildman–Crippen MR) is 117 cm³/mol. The van der Waals surface area contributed by atoms with E-state index >= 15 is 0 Å². The van der Waals surface area contributed by atoms with Gasteiger partial charge in [0, 0.05) is 11.6 Å². The van der Waals surface area contributed by atoms with E-state index in [1.54, 1.807) is 0 Å². The lowest BCUT2D eigenvalue weighted by Gasteiger charge is -2.45. The largest absolute Gasteiger partial charge is 0.369 e. The highest BCUT2D eigenvalue weighted by Gasteiger charge is 2.42. The number of benzene rings is 1. The summed E-state index contributed by atoms with van der Waals surface area (Å²) in [6.07, 6.45) is 12.0. The molecule has 0 atom stereocenters. The van der Waals surface area contributed by atoms with Crippen LogP contribution in [0.3, 0.4) is 0 Å². The maximum atomic E-state index is 6.38. The molecule has 0 radical (unpaired) electrons. The molecule has 0 amide bonds. The fourth-order valence-corrected chi connectivity index (χ4v) is 6.26.